The third-order valence-electron chi connectivity index (χ3n) is 6.19. The number of amides is 2. The van der Waals surface area contributed by atoms with E-state index in [1.54, 1.807) is 40.4 Å². The molecule has 0 bridgehead atoms. The molecule has 1 heterocycles. The largest absolute Gasteiger partial charge is 0.493 e. The second-order valence-electron chi connectivity index (χ2n) is 8.31. The molecule has 0 saturated heterocycles. The molecule has 0 aliphatic carbocycles. The molecular formula is C27H30N4O4S. The van der Waals surface area contributed by atoms with Gasteiger partial charge in [0.2, 0.25) is 0 Å². The highest BCUT2D eigenvalue weighted by atomic mass is 32.2. The average molecular weight is 507 g/mol. The standard InChI is InChI=1S/C27H30N4O4S/c1-18-15-20-16-24(34-4)25(35-5)17-23(20)26(30-31(18)27(32)28-2)19-11-13-22(14-12-19)36(33,29-3)21-9-7-6-8-10-21/h6-14,16-18H,15H2,1-5H3,(H,28,32)/t18-,36?/m0/s1. The summed E-state index contributed by atoms with van der Waals surface area (Å²) < 4.78 is 29.1. The zero-order valence-electron chi connectivity index (χ0n) is 21.0. The van der Waals surface area contributed by atoms with Crippen molar-refractivity contribution in [3.63, 3.8) is 0 Å². The molecule has 0 radical (unpaired) electrons. The van der Waals surface area contributed by atoms with E-state index in [1.165, 1.54) is 5.01 Å². The summed E-state index contributed by atoms with van der Waals surface area (Å²) in [5, 5.41) is 8.91. The quantitative estimate of drug-likeness (QED) is 0.549. The summed E-state index contributed by atoms with van der Waals surface area (Å²) in [5.41, 5.74) is 3.18. The number of nitrogens with one attached hydrogen (secondary N) is 1. The summed E-state index contributed by atoms with van der Waals surface area (Å²) >= 11 is 0. The number of hydrogen-bond donors (Lipinski definition) is 1. The van der Waals surface area contributed by atoms with E-state index in [4.69, 9.17) is 14.6 Å². The van der Waals surface area contributed by atoms with E-state index in [9.17, 15) is 9.00 Å². The lowest BCUT2D eigenvalue weighted by molar-refractivity contribution is 0.184. The van der Waals surface area contributed by atoms with Gasteiger partial charge in [0.25, 0.3) is 0 Å². The molecule has 4 rings (SSSR count). The maximum atomic E-state index is 13.8. The summed E-state index contributed by atoms with van der Waals surface area (Å²) in [7, 11) is 3.54. The molecule has 1 aliphatic rings. The first-order chi connectivity index (χ1) is 17.4. The van der Waals surface area contributed by atoms with Crippen LogP contribution in [0.3, 0.4) is 0 Å². The molecule has 0 saturated carbocycles. The highest BCUT2D eigenvalue weighted by Crippen LogP contribution is 2.35. The topological polar surface area (TPSA) is 92.6 Å². The Hall–Kier alpha value is -3.85. The van der Waals surface area contributed by atoms with Gasteiger partial charge in [-0.3, -0.25) is 0 Å². The molecule has 3 aromatic rings. The van der Waals surface area contributed by atoms with Gasteiger partial charge in [0.15, 0.2) is 11.5 Å². The van der Waals surface area contributed by atoms with E-state index in [-0.39, 0.29) is 12.1 Å². The smallest absolute Gasteiger partial charge is 0.337 e. The van der Waals surface area contributed by atoms with Crippen molar-refractivity contribution >= 4 is 21.5 Å². The van der Waals surface area contributed by atoms with Crippen LogP contribution in [0.25, 0.3) is 0 Å². The summed E-state index contributed by atoms with van der Waals surface area (Å²) in [4.78, 5) is 13.9. The van der Waals surface area contributed by atoms with Crippen molar-refractivity contribution in [1.29, 1.82) is 0 Å². The first-order valence-electron chi connectivity index (χ1n) is 11.5. The van der Waals surface area contributed by atoms with Gasteiger partial charge in [-0.15, -0.1) is 0 Å². The fourth-order valence-electron chi connectivity index (χ4n) is 4.30. The van der Waals surface area contributed by atoms with Crippen molar-refractivity contribution in [2.75, 3.05) is 28.3 Å². The molecule has 1 unspecified atom stereocenters. The van der Waals surface area contributed by atoms with Gasteiger partial charge in [-0.05, 0) is 55.3 Å². The fourth-order valence-corrected chi connectivity index (χ4v) is 6.02. The molecule has 8 nitrogen and oxygen atoms in total. The fraction of sp³-hybridized carbons (Fsp3) is 0.259. The SMILES string of the molecule is CN=S(=O)(c1ccccc1)c1ccc(C2=NN(C(=O)NC)[C@@H](C)Cc3cc(OC)c(OC)cc32)cc1. The number of hydrogen-bond acceptors (Lipinski definition) is 6. The zero-order chi connectivity index (χ0) is 25.9. The number of rotatable bonds is 5. The Morgan fingerprint density at radius 3 is 2.22 bits per heavy atom. The lowest BCUT2D eigenvalue weighted by Gasteiger charge is -2.22. The molecule has 9 heteroatoms. The molecule has 0 spiro atoms. The predicted octanol–water partition coefficient (Wildman–Crippen LogP) is 4.56. The summed E-state index contributed by atoms with van der Waals surface area (Å²) in [6.45, 7) is 1.95. The van der Waals surface area contributed by atoms with Crippen LogP contribution in [0.2, 0.25) is 0 Å². The molecular weight excluding hydrogens is 476 g/mol. The lowest BCUT2D eigenvalue weighted by atomic mass is 9.94. The molecule has 2 atom stereocenters. The lowest BCUT2D eigenvalue weighted by Crippen LogP contribution is -2.41. The van der Waals surface area contributed by atoms with Crippen LogP contribution in [0, 0.1) is 0 Å². The molecule has 2 amide bonds. The van der Waals surface area contributed by atoms with Gasteiger partial charge >= 0.3 is 6.03 Å². The molecule has 188 valence electrons. The molecule has 0 fully saturated rings. The van der Waals surface area contributed by atoms with Gasteiger partial charge in [-0.1, -0.05) is 30.3 Å². The third kappa shape index (κ3) is 4.54. The van der Waals surface area contributed by atoms with Gasteiger partial charge < -0.3 is 14.8 Å². The van der Waals surface area contributed by atoms with Crippen LogP contribution in [0.4, 0.5) is 4.79 Å². The maximum Gasteiger partial charge on any atom is 0.337 e. The Bertz CT molecular complexity index is 1410. The normalized spacial score (nSPS) is 16.6. The number of carbonyl (C=O) groups excluding carboxylic acids is 1. The van der Waals surface area contributed by atoms with Gasteiger partial charge in [-0.2, -0.15) is 5.10 Å². The predicted molar refractivity (Wildman–Crippen MR) is 141 cm³/mol. The number of hydrazone groups is 1. The van der Waals surface area contributed by atoms with Crippen molar-refractivity contribution in [2.45, 2.75) is 29.2 Å². The van der Waals surface area contributed by atoms with Crippen molar-refractivity contribution in [1.82, 2.24) is 10.3 Å². The van der Waals surface area contributed by atoms with E-state index < -0.39 is 9.73 Å². The van der Waals surface area contributed by atoms with E-state index >= 15 is 0 Å². The van der Waals surface area contributed by atoms with Crippen molar-refractivity contribution in [3.8, 4) is 11.5 Å². The Balaban J connectivity index is 1.87. The van der Waals surface area contributed by atoms with Crippen LogP contribution in [-0.2, 0) is 16.1 Å². The number of urea groups is 1. The number of benzene rings is 3. The minimum atomic E-state index is -2.78. The van der Waals surface area contributed by atoms with Gasteiger partial charge in [0.1, 0.15) is 9.73 Å². The first-order valence-corrected chi connectivity index (χ1v) is 13.0. The van der Waals surface area contributed by atoms with Gasteiger partial charge in [0, 0.05) is 25.2 Å². The minimum absolute atomic E-state index is 0.200. The Morgan fingerprint density at radius 1 is 1.03 bits per heavy atom. The number of fused-ring (bicyclic) bond motifs is 1. The Labute approximate surface area is 212 Å². The Kier molecular flexibility index (Phi) is 7.30. The second kappa shape index (κ2) is 10.4. The van der Waals surface area contributed by atoms with Gasteiger partial charge in [-0.25, -0.2) is 18.4 Å². The van der Waals surface area contributed by atoms with E-state index in [0.717, 1.165) is 16.7 Å². The number of carbonyl (C=O) groups is 1. The molecule has 36 heavy (non-hydrogen) atoms. The second-order valence-corrected chi connectivity index (χ2v) is 10.7. The van der Waals surface area contributed by atoms with Gasteiger partial charge in [0.05, 0.1) is 35.8 Å². The molecule has 3 aromatic carbocycles. The zero-order valence-corrected chi connectivity index (χ0v) is 21.8. The first kappa shape index (κ1) is 25.2. The van der Waals surface area contributed by atoms with Crippen molar-refractivity contribution in [3.05, 3.63) is 83.4 Å². The molecule has 0 aromatic heterocycles. The summed E-state index contributed by atoms with van der Waals surface area (Å²) in [5.74, 6) is 1.18. The molecule has 1 N–H and O–H groups in total. The van der Waals surface area contributed by atoms with Crippen LogP contribution < -0.4 is 14.8 Å². The van der Waals surface area contributed by atoms with Crippen LogP contribution in [0.1, 0.15) is 23.6 Å². The number of methoxy groups -OCH3 is 2. The summed E-state index contributed by atoms with van der Waals surface area (Å²) in [6.07, 6.45) is 0.574. The van der Waals surface area contributed by atoms with Crippen molar-refractivity contribution in [2.24, 2.45) is 9.46 Å². The number of nitrogens with zero attached hydrogens (tertiary/aromatic N) is 3. The highest BCUT2D eigenvalue weighted by Gasteiger charge is 2.28. The monoisotopic (exact) mass is 506 g/mol. The maximum absolute atomic E-state index is 13.8. The van der Waals surface area contributed by atoms with Crippen LogP contribution in [-0.4, -0.2) is 55.3 Å². The highest BCUT2D eigenvalue weighted by molar-refractivity contribution is 7.93. The van der Waals surface area contributed by atoms with E-state index in [2.05, 4.69) is 9.68 Å². The van der Waals surface area contributed by atoms with E-state index in [1.807, 2.05) is 61.5 Å². The Morgan fingerprint density at radius 2 is 1.64 bits per heavy atom. The average Bonchev–Trinajstić information content (AvgIpc) is 3.07. The van der Waals surface area contributed by atoms with E-state index in [0.29, 0.717) is 33.4 Å². The summed E-state index contributed by atoms with van der Waals surface area (Å²) in [6, 6.07) is 19.9. The third-order valence-corrected chi connectivity index (χ3v) is 8.53. The minimum Gasteiger partial charge on any atom is -0.493 e. The number of ether oxygens (including phenoxy) is 2. The van der Waals surface area contributed by atoms with Crippen LogP contribution in [0.5, 0.6) is 11.5 Å². The van der Waals surface area contributed by atoms with Crippen molar-refractivity contribution < 1.29 is 18.5 Å². The molecule has 1 aliphatic heterocycles. The van der Waals surface area contributed by atoms with Crippen LogP contribution >= 0.6 is 0 Å². The van der Waals surface area contributed by atoms with Crippen LogP contribution in [0.15, 0.2) is 86.0 Å².